The third kappa shape index (κ3) is 4.68. The fraction of sp³-hybridized carbons (Fsp3) is 0.133. The number of hydrazine groups is 1. The van der Waals surface area contributed by atoms with Crippen LogP contribution in [0.1, 0.15) is 34.3 Å². The van der Waals surface area contributed by atoms with Crippen molar-refractivity contribution in [3.05, 3.63) is 52.4 Å². The molecule has 0 aliphatic carbocycles. The topological polar surface area (TPSA) is 100 Å². The van der Waals surface area contributed by atoms with Crippen molar-refractivity contribution in [1.29, 1.82) is 0 Å². The lowest BCUT2D eigenvalue weighted by atomic mass is 10.2. The molecular formula is C15H14BrN3O4. The maximum absolute atomic E-state index is 11.9. The number of carbonyl (C=O) groups excluding carboxylic acids is 3. The van der Waals surface area contributed by atoms with Gasteiger partial charge in [-0.25, -0.2) is 0 Å². The lowest BCUT2D eigenvalue weighted by molar-refractivity contribution is -0.115. The smallest absolute Gasteiger partial charge is 0.305 e. The predicted octanol–water partition coefficient (Wildman–Crippen LogP) is 2.47. The second-order valence-corrected chi connectivity index (χ2v) is 5.27. The van der Waals surface area contributed by atoms with E-state index in [0.29, 0.717) is 22.3 Å². The van der Waals surface area contributed by atoms with Gasteiger partial charge in [0.25, 0.3) is 5.91 Å². The van der Waals surface area contributed by atoms with Crippen LogP contribution in [-0.2, 0) is 4.79 Å². The first-order chi connectivity index (χ1) is 11.0. The highest BCUT2D eigenvalue weighted by Gasteiger charge is 2.12. The minimum atomic E-state index is -0.573. The molecule has 0 aliphatic rings. The van der Waals surface area contributed by atoms with E-state index < -0.39 is 11.8 Å². The maximum atomic E-state index is 11.9. The van der Waals surface area contributed by atoms with Crippen molar-refractivity contribution in [2.75, 3.05) is 5.32 Å². The SMILES string of the molecule is CCC(=O)Nc1ccc(C(=O)NNC(=O)c2ccc(Br)o2)cc1. The second-order valence-electron chi connectivity index (χ2n) is 4.49. The molecule has 0 unspecified atom stereocenters. The molecule has 8 heteroatoms. The van der Waals surface area contributed by atoms with Gasteiger partial charge in [-0.3, -0.25) is 25.2 Å². The fourth-order valence-corrected chi connectivity index (χ4v) is 1.94. The molecular weight excluding hydrogens is 366 g/mol. The first-order valence-electron chi connectivity index (χ1n) is 6.75. The Morgan fingerprint density at radius 3 is 2.22 bits per heavy atom. The van der Waals surface area contributed by atoms with Crippen LogP contribution in [0.25, 0.3) is 0 Å². The van der Waals surface area contributed by atoms with Crippen molar-refractivity contribution in [3.8, 4) is 0 Å². The van der Waals surface area contributed by atoms with Crippen molar-refractivity contribution >= 4 is 39.3 Å². The molecule has 2 rings (SSSR count). The zero-order valence-corrected chi connectivity index (χ0v) is 13.8. The Morgan fingerprint density at radius 2 is 1.65 bits per heavy atom. The molecule has 0 radical (unpaired) electrons. The Kier molecular flexibility index (Phi) is 5.53. The number of hydrogen-bond donors (Lipinski definition) is 3. The van der Waals surface area contributed by atoms with E-state index in [2.05, 4.69) is 32.1 Å². The average Bonchev–Trinajstić information content (AvgIpc) is 2.99. The van der Waals surface area contributed by atoms with E-state index in [1.54, 1.807) is 25.1 Å². The van der Waals surface area contributed by atoms with Crippen LogP contribution in [-0.4, -0.2) is 17.7 Å². The van der Waals surface area contributed by atoms with Crippen LogP contribution in [0.5, 0.6) is 0 Å². The lowest BCUT2D eigenvalue weighted by Crippen LogP contribution is -2.41. The van der Waals surface area contributed by atoms with Gasteiger partial charge in [0.1, 0.15) is 0 Å². The molecule has 0 saturated heterocycles. The van der Waals surface area contributed by atoms with Gasteiger partial charge >= 0.3 is 5.91 Å². The molecule has 1 aromatic carbocycles. The van der Waals surface area contributed by atoms with E-state index in [1.807, 2.05) is 0 Å². The Balaban J connectivity index is 1.90. The molecule has 3 amide bonds. The van der Waals surface area contributed by atoms with Crippen molar-refractivity contribution < 1.29 is 18.8 Å². The maximum Gasteiger partial charge on any atom is 0.305 e. The Labute approximate surface area is 140 Å². The van der Waals surface area contributed by atoms with E-state index in [0.717, 1.165) is 0 Å². The first kappa shape index (κ1) is 16.8. The highest BCUT2D eigenvalue weighted by molar-refractivity contribution is 9.10. The van der Waals surface area contributed by atoms with Crippen molar-refractivity contribution in [2.24, 2.45) is 0 Å². The van der Waals surface area contributed by atoms with Gasteiger partial charge in [-0.2, -0.15) is 0 Å². The van der Waals surface area contributed by atoms with Crippen LogP contribution in [0, 0.1) is 0 Å². The minimum Gasteiger partial charge on any atom is -0.444 e. The van der Waals surface area contributed by atoms with E-state index in [-0.39, 0.29) is 11.7 Å². The second kappa shape index (κ2) is 7.59. The van der Waals surface area contributed by atoms with E-state index in [1.165, 1.54) is 18.2 Å². The third-order valence-corrected chi connectivity index (χ3v) is 3.26. The van der Waals surface area contributed by atoms with Crippen molar-refractivity contribution in [2.45, 2.75) is 13.3 Å². The minimum absolute atomic E-state index is 0.0646. The number of halogens is 1. The summed E-state index contributed by atoms with van der Waals surface area (Å²) in [5, 5.41) is 2.67. The number of carbonyl (C=O) groups is 3. The molecule has 23 heavy (non-hydrogen) atoms. The van der Waals surface area contributed by atoms with Gasteiger partial charge in [-0.05, 0) is 52.3 Å². The zero-order chi connectivity index (χ0) is 16.8. The molecule has 1 heterocycles. The number of nitrogens with one attached hydrogen (secondary N) is 3. The van der Waals surface area contributed by atoms with Gasteiger partial charge < -0.3 is 9.73 Å². The fourth-order valence-electron chi connectivity index (χ4n) is 1.64. The molecule has 0 fully saturated rings. The summed E-state index contributed by atoms with van der Waals surface area (Å²) >= 11 is 3.08. The van der Waals surface area contributed by atoms with Crippen molar-refractivity contribution in [1.82, 2.24) is 10.9 Å². The van der Waals surface area contributed by atoms with E-state index in [9.17, 15) is 14.4 Å². The highest BCUT2D eigenvalue weighted by Crippen LogP contribution is 2.13. The monoisotopic (exact) mass is 379 g/mol. The van der Waals surface area contributed by atoms with Crippen molar-refractivity contribution in [3.63, 3.8) is 0 Å². The number of furan rings is 1. The molecule has 0 saturated carbocycles. The first-order valence-corrected chi connectivity index (χ1v) is 7.55. The molecule has 120 valence electrons. The number of benzene rings is 1. The number of rotatable bonds is 4. The highest BCUT2D eigenvalue weighted by atomic mass is 79.9. The standard InChI is InChI=1S/C15H14BrN3O4/c1-2-13(20)17-10-5-3-9(4-6-10)14(21)18-19-15(22)11-7-8-12(16)23-11/h3-8H,2H2,1H3,(H,17,20)(H,18,21)(H,19,22). The van der Waals surface area contributed by atoms with Gasteiger partial charge in [-0.15, -0.1) is 0 Å². The van der Waals surface area contributed by atoms with Gasteiger partial charge in [0.15, 0.2) is 10.4 Å². The van der Waals surface area contributed by atoms with E-state index >= 15 is 0 Å². The molecule has 7 nitrogen and oxygen atoms in total. The van der Waals surface area contributed by atoms with Gasteiger partial charge in [0.05, 0.1) is 0 Å². The summed E-state index contributed by atoms with van der Waals surface area (Å²) in [7, 11) is 0. The molecule has 3 N–H and O–H groups in total. The summed E-state index contributed by atoms with van der Waals surface area (Å²) in [6, 6.07) is 9.32. The third-order valence-electron chi connectivity index (χ3n) is 2.84. The number of anilines is 1. The summed E-state index contributed by atoms with van der Waals surface area (Å²) in [5.41, 5.74) is 5.45. The number of amides is 3. The summed E-state index contributed by atoms with van der Waals surface area (Å²) in [6.07, 6.45) is 0.372. The quantitative estimate of drug-likeness (QED) is 0.710. The lowest BCUT2D eigenvalue weighted by Gasteiger charge is -2.07. The van der Waals surface area contributed by atoms with Crippen LogP contribution in [0.4, 0.5) is 5.69 Å². The Hall–Kier alpha value is -2.61. The summed E-state index contributed by atoms with van der Waals surface area (Å²) in [4.78, 5) is 34.9. The Morgan fingerprint density at radius 1 is 1.00 bits per heavy atom. The van der Waals surface area contributed by atoms with Gasteiger partial charge in [0.2, 0.25) is 5.91 Å². The molecule has 0 bridgehead atoms. The molecule has 0 aliphatic heterocycles. The summed E-state index contributed by atoms with van der Waals surface area (Å²) in [6.45, 7) is 1.75. The van der Waals surface area contributed by atoms with Gasteiger partial charge in [-0.1, -0.05) is 6.92 Å². The summed E-state index contributed by atoms with van der Waals surface area (Å²) < 4.78 is 5.48. The van der Waals surface area contributed by atoms with Crippen LogP contribution in [0.2, 0.25) is 0 Å². The van der Waals surface area contributed by atoms with Crippen LogP contribution < -0.4 is 16.2 Å². The molecule has 0 atom stereocenters. The Bertz CT molecular complexity index is 725. The van der Waals surface area contributed by atoms with E-state index in [4.69, 9.17) is 4.42 Å². The largest absolute Gasteiger partial charge is 0.444 e. The van der Waals surface area contributed by atoms with Gasteiger partial charge in [0, 0.05) is 17.7 Å². The van der Waals surface area contributed by atoms with Crippen LogP contribution >= 0.6 is 15.9 Å². The van der Waals surface area contributed by atoms with Crippen LogP contribution in [0.3, 0.4) is 0 Å². The predicted molar refractivity (Wildman–Crippen MR) is 86.7 cm³/mol. The average molecular weight is 380 g/mol. The normalized spacial score (nSPS) is 10.0. The van der Waals surface area contributed by atoms with Crippen LogP contribution in [0.15, 0.2) is 45.5 Å². The number of hydrogen-bond acceptors (Lipinski definition) is 4. The molecule has 0 spiro atoms. The summed E-state index contributed by atoms with van der Waals surface area (Å²) in [5.74, 6) is -1.11. The zero-order valence-electron chi connectivity index (χ0n) is 12.2. The molecule has 1 aromatic heterocycles. The molecule has 2 aromatic rings.